The van der Waals surface area contributed by atoms with Gasteiger partial charge in [0.05, 0.1) is 5.92 Å². The van der Waals surface area contributed by atoms with Crippen molar-refractivity contribution in [2.75, 3.05) is 32.7 Å². The van der Waals surface area contributed by atoms with Crippen molar-refractivity contribution in [1.29, 1.82) is 0 Å². The third-order valence-electron chi connectivity index (χ3n) is 6.34. The fourth-order valence-electron chi connectivity index (χ4n) is 4.85. The van der Waals surface area contributed by atoms with Gasteiger partial charge < -0.3 is 9.80 Å². The van der Waals surface area contributed by atoms with Crippen LogP contribution in [0.4, 0.5) is 0 Å². The lowest BCUT2D eigenvalue weighted by Crippen LogP contribution is -2.41. The van der Waals surface area contributed by atoms with Crippen LogP contribution >= 0.6 is 0 Å². The van der Waals surface area contributed by atoms with E-state index in [9.17, 15) is 9.59 Å². The van der Waals surface area contributed by atoms with Crippen LogP contribution in [-0.4, -0.2) is 70.3 Å². The Morgan fingerprint density at radius 2 is 1.96 bits per heavy atom. The first-order valence-electron chi connectivity index (χ1n) is 10.4. The Bertz CT molecular complexity index is 659. The van der Waals surface area contributed by atoms with Gasteiger partial charge in [-0.05, 0) is 30.9 Å². The molecule has 1 aliphatic carbocycles. The minimum Gasteiger partial charge on any atom is -0.341 e. The maximum Gasteiger partial charge on any atom is 0.228 e. The van der Waals surface area contributed by atoms with Crippen LogP contribution in [0, 0.1) is 5.92 Å². The normalized spacial score (nSPS) is 25.2. The van der Waals surface area contributed by atoms with Gasteiger partial charge in [0, 0.05) is 64.1 Å². The summed E-state index contributed by atoms with van der Waals surface area (Å²) >= 11 is 0. The van der Waals surface area contributed by atoms with Gasteiger partial charge in [-0.2, -0.15) is 0 Å². The average molecular weight is 370 g/mol. The molecule has 3 heterocycles. The van der Waals surface area contributed by atoms with E-state index in [0.717, 1.165) is 44.2 Å². The van der Waals surface area contributed by atoms with Gasteiger partial charge >= 0.3 is 0 Å². The van der Waals surface area contributed by atoms with E-state index >= 15 is 0 Å². The van der Waals surface area contributed by atoms with Crippen LogP contribution in [-0.2, 0) is 16.1 Å². The number of hydrogen-bond acceptors (Lipinski definition) is 4. The van der Waals surface area contributed by atoms with Gasteiger partial charge in [-0.15, -0.1) is 0 Å². The van der Waals surface area contributed by atoms with Gasteiger partial charge in [0.15, 0.2) is 0 Å². The molecule has 6 heteroatoms. The highest BCUT2D eigenvalue weighted by atomic mass is 16.2. The summed E-state index contributed by atoms with van der Waals surface area (Å²) < 4.78 is 0. The molecule has 0 N–H and O–H groups in total. The zero-order valence-corrected chi connectivity index (χ0v) is 16.1. The lowest BCUT2D eigenvalue weighted by atomic mass is 10.1. The predicted molar refractivity (Wildman–Crippen MR) is 103 cm³/mol. The number of pyridine rings is 1. The molecule has 6 nitrogen and oxygen atoms in total. The Hall–Kier alpha value is -1.95. The summed E-state index contributed by atoms with van der Waals surface area (Å²) in [7, 11) is 0. The van der Waals surface area contributed by atoms with Crippen molar-refractivity contribution in [3.8, 4) is 0 Å². The van der Waals surface area contributed by atoms with Crippen molar-refractivity contribution in [3.63, 3.8) is 0 Å². The summed E-state index contributed by atoms with van der Waals surface area (Å²) in [4.78, 5) is 36.0. The number of carbonyl (C=O) groups is 2. The van der Waals surface area contributed by atoms with Gasteiger partial charge in [-0.25, -0.2) is 0 Å². The highest BCUT2D eigenvalue weighted by Gasteiger charge is 2.37. The summed E-state index contributed by atoms with van der Waals surface area (Å²) in [6.07, 6.45) is 10.2. The number of carbonyl (C=O) groups excluding carboxylic acids is 2. The van der Waals surface area contributed by atoms with Crippen LogP contribution in [0.3, 0.4) is 0 Å². The Morgan fingerprint density at radius 1 is 1.11 bits per heavy atom. The first-order chi connectivity index (χ1) is 13.2. The van der Waals surface area contributed by atoms with E-state index in [1.165, 1.54) is 25.7 Å². The van der Waals surface area contributed by atoms with Gasteiger partial charge in [-0.3, -0.25) is 19.5 Å². The van der Waals surface area contributed by atoms with E-state index < -0.39 is 0 Å². The maximum absolute atomic E-state index is 13.0. The van der Waals surface area contributed by atoms with Crippen molar-refractivity contribution in [2.24, 2.45) is 5.92 Å². The fraction of sp³-hybridized carbons (Fsp3) is 0.667. The molecular weight excluding hydrogens is 340 g/mol. The van der Waals surface area contributed by atoms with Crippen LogP contribution < -0.4 is 0 Å². The molecule has 2 aliphatic heterocycles. The molecule has 2 saturated heterocycles. The number of likely N-dealkylation sites (tertiary alicyclic amines) is 1. The molecule has 1 aromatic heterocycles. The molecule has 0 radical (unpaired) electrons. The molecule has 0 spiro atoms. The van der Waals surface area contributed by atoms with Crippen molar-refractivity contribution in [1.82, 2.24) is 19.7 Å². The smallest absolute Gasteiger partial charge is 0.228 e. The van der Waals surface area contributed by atoms with Crippen LogP contribution in [0.2, 0.25) is 0 Å². The Labute approximate surface area is 161 Å². The first kappa shape index (κ1) is 18.4. The number of hydrogen-bond donors (Lipinski definition) is 0. The molecule has 1 atom stereocenters. The van der Waals surface area contributed by atoms with E-state index in [4.69, 9.17) is 0 Å². The molecule has 3 aliphatic rings. The second kappa shape index (κ2) is 8.38. The van der Waals surface area contributed by atoms with Crippen LogP contribution in [0.25, 0.3) is 0 Å². The largest absolute Gasteiger partial charge is 0.341 e. The predicted octanol–water partition coefficient (Wildman–Crippen LogP) is 1.91. The summed E-state index contributed by atoms with van der Waals surface area (Å²) in [5, 5.41) is 0. The number of aromatic nitrogens is 1. The Balaban J connectivity index is 1.32. The van der Waals surface area contributed by atoms with Crippen molar-refractivity contribution < 1.29 is 9.59 Å². The lowest BCUT2D eigenvalue weighted by molar-refractivity contribution is -0.135. The van der Waals surface area contributed by atoms with E-state index in [-0.39, 0.29) is 17.7 Å². The second-order valence-electron chi connectivity index (χ2n) is 8.19. The molecular formula is C21H30N4O2. The molecule has 2 amide bonds. The summed E-state index contributed by atoms with van der Waals surface area (Å²) in [5.74, 6) is 0.0668. The molecule has 1 saturated carbocycles. The van der Waals surface area contributed by atoms with E-state index in [1.807, 2.05) is 21.9 Å². The maximum atomic E-state index is 13.0. The summed E-state index contributed by atoms with van der Waals surface area (Å²) in [5.41, 5.74) is 1.01. The molecule has 0 bridgehead atoms. The Morgan fingerprint density at radius 3 is 2.74 bits per heavy atom. The highest BCUT2D eigenvalue weighted by Crippen LogP contribution is 2.26. The van der Waals surface area contributed by atoms with Crippen LogP contribution in [0.15, 0.2) is 24.5 Å². The minimum atomic E-state index is -0.188. The zero-order chi connectivity index (χ0) is 18.6. The minimum absolute atomic E-state index is 0.0830. The van der Waals surface area contributed by atoms with E-state index in [0.29, 0.717) is 19.5 Å². The summed E-state index contributed by atoms with van der Waals surface area (Å²) in [6.45, 7) is 4.81. The van der Waals surface area contributed by atoms with Crippen molar-refractivity contribution in [2.45, 2.75) is 51.1 Å². The topological polar surface area (TPSA) is 56.8 Å². The van der Waals surface area contributed by atoms with Crippen LogP contribution in [0.1, 0.15) is 44.1 Å². The van der Waals surface area contributed by atoms with Crippen LogP contribution in [0.5, 0.6) is 0 Å². The van der Waals surface area contributed by atoms with Crippen molar-refractivity contribution in [3.05, 3.63) is 30.1 Å². The number of rotatable bonds is 4. The molecule has 0 aromatic carbocycles. The van der Waals surface area contributed by atoms with E-state index in [2.05, 4.69) is 9.88 Å². The molecule has 146 valence electrons. The van der Waals surface area contributed by atoms with Gasteiger partial charge in [-0.1, -0.05) is 18.9 Å². The molecule has 4 rings (SSSR count). The number of amides is 2. The summed E-state index contributed by atoms with van der Waals surface area (Å²) in [6, 6.07) is 4.58. The van der Waals surface area contributed by atoms with Gasteiger partial charge in [0.25, 0.3) is 0 Å². The molecule has 0 unspecified atom stereocenters. The molecule has 3 fully saturated rings. The molecule has 27 heavy (non-hydrogen) atoms. The Kier molecular flexibility index (Phi) is 5.72. The van der Waals surface area contributed by atoms with Gasteiger partial charge in [0.2, 0.25) is 11.8 Å². The quantitative estimate of drug-likeness (QED) is 0.812. The highest BCUT2D eigenvalue weighted by molar-refractivity contribution is 5.89. The van der Waals surface area contributed by atoms with Crippen molar-refractivity contribution >= 4 is 11.8 Å². The number of nitrogens with zero attached hydrogens (tertiary/aromatic N) is 4. The first-order valence-corrected chi connectivity index (χ1v) is 10.4. The molecule has 1 aromatic rings. The monoisotopic (exact) mass is 370 g/mol. The standard InChI is InChI=1S/C21H30N4O2/c26-20-13-18(16-25(20)15-17-5-3-8-22-14-17)21(27)24-10-4-9-23(11-12-24)19-6-1-2-7-19/h3,5,8,14,18-19H,1-2,4,6-7,9-13,15-16H2/t18-/m0/s1. The third-order valence-corrected chi connectivity index (χ3v) is 6.34. The lowest BCUT2D eigenvalue weighted by Gasteiger charge is -2.28. The zero-order valence-electron chi connectivity index (χ0n) is 16.1. The average Bonchev–Trinajstić information content (AvgIpc) is 3.27. The second-order valence-corrected chi connectivity index (χ2v) is 8.19. The SMILES string of the molecule is O=C1C[C@H](C(=O)N2CCCN(C3CCCC3)CC2)CN1Cc1cccnc1. The third kappa shape index (κ3) is 4.32. The fourth-order valence-corrected chi connectivity index (χ4v) is 4.85. The van der Waals surface area contributed by atoms with E-state index in [1.54, 1.807) is 12.4 Å². The van der Waals surface area contributed by atoms with Gasteiger partial charge in [0.1, 0.15) is 0 Å².